The van der Waals surface area contributed by atoms with Crippen molar-refractivity contribution in [1.82, 2.24) is 5.32 Å². The zero-order valence-electron chi connectivity index (χ0n) is 15.2. The summed E-state index contributed by atoms with van der Waals surface area (Å²) in [5.41, 5.74) is 2.76. The second-order valence-electron chi connectivity index (χ2n) is 8.31. The number of nitrogens with one attached hydrogen (secondary N) is 2. The molecule has 0 fully saturated rings. The van der Waals surface area contributed by atoms with Gasteiger partial charge >= 0.3 is 0 Å². The van der Waals surface area contributed by atoms with Gasteiger partial charge in [-0.3, -0.25) is 4.79 Å². The van der Waals surface area contributed by atoms with Crippen LogP contribution in [0.5, 0.6) is 11.5 Å². The molecule has 2 aromatic rings. The number of hydrogen-bond acceptors (Lipinski definition) is 5. The number of aromatic hydroxyl groups is 2. The van der Waals surface area contributed by atoms with Crippen LogP contribution in [-0.4, -0.2) is 16.1 Å². The highest BCUT2D eigenvalue weighted by atomic mass is 32.1. The van der Waals surface area contributed by atoms with Crippen LogP contribution in [0.25, 0.3) is 0 Å². The molecule has 0 bridgehead atoms. The van der Waals surface area contributed by atoms with Crippen LogP contribution in [0.4, 0.5) is 5.00 Å². The van der Waals surface area contributed by atoms with Crippen molar-refractivity contribution in [2.24, 2.45) is 11.3 Å². The standard InChI is InChI=1S/C20H24N2O3S/c1-20(2,3)10-4-6-13-15(8-10)26-19-16(13)18(25)21-17(22-19)12-7-5-11(23)9-14(12)24/h5,7,9-10,17,22-24H,4,6,8H2,1-3H3,(H,21,25)/t10-,17+/m0/s1. The lowest BCUT2D eigenvalue weighted by Gasteiger charge is -2.34. The summed E-state index contributed by atoms with van der Waals surface area (Å²) in [6.07, 6.45) is 2.55. The van der Waals surface area contributed by atoms with Gasteiger partial charge in [0.1, 0.15) is 22.7 Å². The summed E-state index contributed by atoms with van der Waals surface area (Å²) in [5, 5.41) is 26.8. The van der Waals surface area contributed by atoms with Gasteiger partial charge in [0, 0.05) is 16.5 Å². The van der Waals surface area contributed by atoms with E-state index >= 15 is 0 Å². The smallest absolute Gasteiger partial charge is 0.256 e. The van der Waals surface area contributed by atoms with Crippen LogP contribution in [-0.2, 0) is 12.8 Å². The molecule has 1 aromatic carbocycles. The summed E-state index contributed by atoms with van der Waals surface area (Å²) in [7, 11) is 0. The number of rotatable bonds is 1. The monoisotopic (exact) mass is 372 g/mol. The molecule has 1 aliphatic heterocycles. The lowest BCUT2D eigenvalue weighted by molar-refractivity contribution is 0.0934. The fourth-order valence-corrected chi connectivity index (χ4v) is 5.32. The molecule has 1 aliphatic carbocycles. The van der Waals surface area contributed by atoms with Crippen LogP contribution in [0.3, 0.4) is 0 Å². The number of benzene rings is 1. The number of thiophene rings is 1. The van der Waals surface area contributed by atoms with E-state index in [2.05, 4.69) is 31.4 Å². The van der Waals surface area contributed by atoms with E-state index in [0.29, 0.717) is 11.5 Å². The number of carbonyl (C=O) groups excluding carboxylic acids is 1. The topological polar surface area (TPSA) is 81.6 Å². The van der Waals surface area contributed by atoms with Gasteiger partial charge in [0.05, 0.1) is 5.56 Å². The Hall–Kier alpha value is -2.21. The number of fused-ring (bicyclic) bond motifs is 3. The van der Waals surface area contributed by atoms with Crippen molar-refractivity contribution in [2.75, 3.05) is 5.32 Å². The maximum absolute atomic E-state index is 12.8. The van der Waals surface area contributed by atoms with Crippen LogP contribution < -0.4 is 10.6 Å². The van der Waals surface area contributed by atoms with E-state index < -0.39 is 6.17 Å². The molecule has 1 amide bonds. The molecule has 2 aliphatic rings. The molecule has 0 saturated heterocycles. The number of hydrogen-bond donors (Lipinski definition) is 4. The average molecular weight is 372 g/mol. The SMILES string of the molecule is CC(C)(C)[C@H]1CCc2c(sc3c2C(=O)N[C@@H](c2ccc(O)cc2O)N3)C1. The Morgan fingerprint density at radius 1 is 1.19 bits per heavy atom. The van der Waals surface area contributed by atoms with Gasteiger partial charge in [0.2, 0.25) is 0 Å². The van der Waals surface area contributed by atoms with Crippen LogP contribution in [0.1, 0.15) is 59.7 Å². The third-order valence-electron chi connectivity index (χ3n) is 5.59. The lowest BCUT2D eigenvalue weighted by atomic mass is 9.72. The van der Waals surface area contributed by atoms with E-state index in [-0.39, 0.29) is 22.8 Å². The summed E-state index contributed by atoms with van der Waals surface area (Å²) in [4.78, 5) is 14.1. The average Bonchev–Trinajstić information content (AvgIpc) is 2.91. The third-order valence-corrected chi connectivity index (χ3v) is 6.78. The number of phenolic OH excluding ortho intramolecular Hbond substituents is 2. The Bertz CT molecular complexity index is 882. The van der Waals surface area contributed by atoms with Crippen molar-refractivity contribution in [3.05, 3.63) is 39.8 Å². The predicted molar refractivity (Wildman–Crippen MR) is 103 cm³/mol. The number of phenols is 2. The van der Waals surface area contributed by atoms with E-state index in [0.717, 1.165) is 29.8 Å². The molecule has 2 atom stereocenters. The van der Waals surface area contributed by atoms with E-state index in [1.165, 1.54) is 22.6 Å². The highest BCUT2D eigenvalue weighted by Gasteiger charge is 2.36. The van der Waals surface area contributed by atoms with Crippen molar-refractivity contribution in [3.63, 3.8) is 0 Å². The highest BCUT2D eigenvalue weighted by Crippen LogP contribution is 2.46. The summed E-state index contributed by atoms with van der Waals surface area (Å²) in [6, 6.07) is 4.41. The normalized spacial score (nSPS) is 22.2. The second-order valence-corrected chi connectivity index (χ2v) is 9.41. The van der Waals surface area contributed by atoms with Gasteiger partial charge in [-0.05, 0) is 48.3 Å². The Morgan fingerprint density at radius 3 is 2.65 bits per heavy atom. The molecular formula is C20H24N2O3S. The van der Waals surface area contributed by atoms with Crippen LogP contribution in [0.2, 0.25) is 0 Å². The first-order chi connectivity index (χ1) is 12.2. The lowest BCUT2D eigenvalue weighted by Crippen LogP contribution is -2.38. The van der Waals surface area contributed by atoms with Crippen molar-refractivity contribution in [3.8, 4) is 11.5 Å². The first kappa shape index (κ1) is 17.2. The van der Waals surface area contributed by atoms with Crippen molar-refractivity contribution < 1.29 is 15.0 Å². The molecule has 5 nitrogen and oxygen atoms in total. The maximum atomic E-state index is 12.8. The fraction of sp³-hybridized carbons (Fsp3) is 0.450. The molecule has 2 heterocycles. The van der Waals surface area contributed by atoms with Crippen LogP contribution >= 0.6 is 11.3 Å². The van der Waals surface area contributed by atoms with E-state index in [1.807, 2.05) is 0 Å². The van der Waals surface area contributed by atoms with Crippen molar-refractivity contribution in [1.29, 1.82) is 0 Å². The Balaban J connectivity index is 1.66. The van der Waals surface area contributed by atoms with E-state index in [9.17, 15) is 15.0 Å². The van der Waals surface area contributed by atoms with E-state index in [1.54, 1.807) is 17.4 Å². The zero-order chi connectivity index (χ0) is 18.6. The van der Waals surface area contributed by atoms with Gasteiger partial charge < -0.3 is 20.8 Å². The molecule has 6 heteroatoms. The van der Waals surface area contributed by atoms with Gasteiger partial charge in [-0.2, -0.15) is 0 Å². The molecular weight excluding hydrogens is 348 g/mol. The summed E-state index contributed by atoms with van der Waals surface area (Å²) in [6.45, 7) is 6.85. The van der Waals surface area contributed by atoms with Crippen LogP contribution in [0, 0.1) is 11.3 Å². The zero-order valence-corrected chi connectivity index (χ0v) is 16.0. The number of carbonyl (C=O) groups is 1. The fourth-order valence-electron chi connectivity index (χ4n) is 3.97. The van der Waals surface area contributed by atoms with Gasteiger partial charge in [0.25, 0.3) is 5.91 Å². The number of anilines is 1. The van der Waals surface area contributed by atoms with Gasteiger partial charge in [-0.25, -0.2) is 0 Å². The minimum atomic E-state index is -0.505. The van der Waals surface area contributed by atoms with Gasteiger partial charge in [0.15, 0.2) is 0 Å². The molecule has 4 rings (SSSR count). The molecule has 1 aromatic heterocycles. The quantitative estimate of drug-likeness (QED) is 0.606. The highest BCUT2D eigenvalue weighted by molar-refractivity contribution is 7.16. The Kier molecular flexibility index (Phi) is 3.91. The molecule has 0 spiro atoms. The predicted octanol–water partition coefficient (Wildman–Crippen LogP) is 4.16. The minimum Gasteiger partial charge on any atom is -0.508 e. The molecule has 138 valence electrons. The summed E-state index contributed by atoms with van der Waals surface area (Å²) < 4.78 is 0. The first-order valence-electron chi connectivity index (χ1n) is 8.98. The van der Waals surface area contributed by atoms with E-state index in [4.69, 9.17) is 0 Å². The Morgan fingerprint density at radius 2 is 1.96 bits per heavy atom. The molecule has 0 unspecified atom stereocenters. The molecule has 4 N–H and O–H groups in total. The third kappa shape index (κ3) is 2.82. The van der Waals surface area contributed by atoms with Crippen molar-refractivity contribution >= 4 is 22.2 Å². The minimum absolute atomic E-state index is 0.00566. The molecule has 0 saturated carbocycles. The Labute approximate surface area is 157 Å². The van der Waals surface area contributed by atoms with Crippen molar-refractivity contribution in [2.45, 2.75) is 46.2 Å². The summed E-state index contributed by atoms with van der Waals surface area (Å²) in [5.74, 6) is 0.479. The second kappa shape index (κ2) is 5.91. The summed E-state index contributed by atoms with van der Waals surface area (Å²) >= 11 is 1.67. The number of amides is 1. The van der Waals surface area contributed by atoms with Crippen LogP contribution in [0.15, 0.2) is 18.2 Å². The largest absolute Gasteiger partial charge is 0.508 e. The first-order valence-corrected chi connectivity index (χ1v) is 9.79. The van der Waals surface area contributed by atoms with Gasteiger partial charge in [-0.15, -0.1) is 11.3 Å². The maximum Gasteiger partial charge on any atom is 0.256 e. The van der Waals surface area contributed by atoms with Gasteiger partial charge in [-0.1, -0.05) is 20.8 Å². The molecule has 26 heavy (non-hydrogen) atoms. The molecule has 0 radical (unpaired) electrons.